The van der Waals surface area contributed by atoms with Gasteiger partial charge in [0, 0.05) is 5.56 Å². The maximum Gasteiger partial charge on any atom is 0.160 e. The fourth-order valence-corrected chi connectivity index (χ4v) is 1.47. The maximum atomic E-state index is 11.2. The van der Waals surface area contributed by atoms with Crippen molar-refractivity contribution in [3.63, 3.8) is 0 Å². The van der Waals surface area contributed by atoms with Gasteiger partial charge < -0.3 is 0 Å². The van der Waals surface area contributed by atoms with Crippen LogP contribution in [-0.2, 0) is 0 Å². The summed E-state index contributed by atoms with van der Waals surface area (Å²) in [5, 5.41) is 0. The molecule has 0 unspecified atom stereocenters. The van der Waals surface area contributed by atoms with Crippen LogP contribution < -0.4 is 0 Å². The van der Waals surface area contributed by atoms with Gasteiger partial charge in [0.1, 0.15) is 4.49 Å². The predicted octanol–water partition coefficient (Wildman–Crippen LogP) is 3.97. The van der Waals surface area contributed by atoms with Gasteiger partial charge in [-0.25, -0.2) is 0 Å². The molecule has 0 atom stereocenters. The molecule has 0 bridgehead atoms. The fraction of sp³-hybridized carbons (Fsp3) is 0.182. The van der Waals surface area contributed by atoms with Crippen molar-refractivity contribution in [3.05, 3.63) is 39.4 Å². The van der Waals surface area contributed by atoms with Crippen molar-refractivity contribution in [3.8, 4) is 0 Å². The van der Waals surface area contributed by atoms with Gasteiger partial charge in [-0.2, -0.15) is 0 Å². The Balaban J connectivity index is 3.30. The summed E-state index contributed by atoms with van der Waals surface area (Å²) >= 11 is 11.1. The zero-order valence-corrected chi connectivity index (χ0v) is 9.49. The molecule has 1 aromatic rings. The highest BCUT2D eigenvalue weighted by molar-refractivity contribution is 6.57. The summed E-state index contributed by atoms with van der Waals surface area (Å²) in [5.74, 6) is 0.00540. The second-order valence-electron chi connectivity index (χ2n) is 3.08. The first kappa shape index (κ1) is 11.3. The van der Waals surface area contributed by atoms with E-state index < -0.39 is 0 Å². The standard InChI is InChI=1S/C11H10Cl2O/c1-7-3-4-10(8(2)14)9(5-7)6-11(12)13/h3-6H,1-2H3. The Hall–Kier alpha value is -0.790. The number of ketones is 1. The van der Waals surface area contributed by atoms with Crippen LogP contribution >= 0.6 is 23.2 Å². The van der Waals surface area contributed by atoms with E-state index in [2.05, 4.69) is 0 Å². The van der Waals surface area contributed by atoms with Gasteiger partial charge in [0.25, 0.3) is 0 Å². The second-order valence-corrected chi connectivity index (χ2v) is 4.09. The Kier molecular flexibility index (Phi) is 3.73. The quantitative estimate of drug-likeness (QED) is 0.701. The summed E-state index contributed by atoms with van der Waals surface area (Å²) in [4.78, 5) is 11.2. The van der Waals surface area contributed by atoms with Crippen molar-refractivity contribution in [2.45, 2.75) is 13.8 Å². The number of aryl methyl sites for hydroxylation is 1. The molecule has 0 amide bonds. The van der Waals surface area contributed by atoms with Crippen LogP contribution in [0.2, 0.25) is 0 Å². The molecule has 0 saturated heterocycles. The zero-order valence-electron chi connectivity index (χ0n) is 7.97. The molecule has 0 aromatic heterocycles. The number of benzene rings is 1. The van der Waals surface area contributed by atoms with E-state index in [1.165, 1.54) is 6.92 Å². The highest BCUT2D eigenvalue weighted by atomic mass is 35.5. The van der Waals surface area contributed by atoms with E-state index in [1.54, 1.807) is 12.1 Å². The second kappa shape index (κ2) is 4.63. The third-order valence-corrected chi connectivity index (χ3v) is 2.07. The minimum atomic E-state index is 0.00540. The number of carbonyl (C=O) groups is 1. The highest BCUT2D eigenvalue weighted by Crippen LogP contribution is 2.19. The van der Waals surface area contributed by atoms with Crippen molar-refractivity contribution in [1.82, 2.24) is 0 Å². The van der Waals surface area contributed by atoms with Gasteiger partial charge in [0.05, 0.1) is 0 Å². The van der Waals surface area contributed by atoms with Gasteiger partial charge >= 0.3 is 0 Å². The SMILES string of the molecule is CC(=O)c1ccc(C)cc1C=C(Cl)Cl. The Morgan fingerprint density at radius 1 is 1.36 bits per heavy atom. The normalized spacial score (nSPS) is 9.71. The van der Waals surface area contributed by atoms with E-state index in [4.69, 9.17) is 23.2 Å². The van der Waals surface area contributed by atoms with Crippen LogP contribution in [-0.4, -0.2) is 5.78 Å². The van der Waals surface area contributed by atoms with Crippen LogP contribution in [0.4, 0.5) is 0 Å². The van der Waals surface area contributed by atoms with Gasteiger partial charge in [-0.15, -0.1) is 0 Å². The van der Waals surface area contributed by atoms with E-state index in [0.29, 0.717) is 5.56 Å². The van der Waals surface area contributed by atoms with Crippen LogP contribution in [0.15, 0.2) is 22.7 Å². The largest absolute Gasteiger partial charge is 0.294 e. The van der Waals surface area contributed by atoms with Crippen LogP contribution in [0.1, 0.15) is 28.4 Å². The van der Waals surface area contributed by atoms with E-state index >= 15 is 0 Å². The van der Waals surface area contributed by atoms with E-state index in [-0.39, 0.29) is 10.3 Å². The minimum absolute atomic E-state index is 0.00540. The topological polar surface area (TPSA) is 17.1 Å². The van der Waals surface area contributed by atoms with E-state index in [1.807, 2.05) is 19.1 Å². The summed E-state index contributed by atoms with van der Waals surface area (Å²) in [5.41, 5.74) is 2.46. The molecule has 0 aliphatic heterocycles. The van der Waals surface area contributed by atoms with Crippen molar-refractivity contribution in [2.24, 2.45) is 0 Å². The lowest BCUT2D eigenvalue weighted by atomic mass is 10.0. The monoisotopic (exact) mass is 228 g/mol. The summed E-state index contributed by atoms with van der Waals surface area (Å²) in [7, 11) is 0. The number of carbonyl (C=O) groups excluding carboxylic acids is 1. The average Bonchev–Trinajstić information content (AvgIpc) is 2.01. The van der Waals surface area contributed by atoms with Crippen molar-refractivity contribution in [2.75, 3.05) is 0 Å². The molecule has 0 heterocycles. The Labute approximate surface area is 93.3 Å². The third kappa shape index (κ3) is 2.86. The van der Waals surface area contributed by atoms with Gasteiger partial charge in [0.2, 0.25) is 0 Å². The molecule has 0 radical (unpaired) electrons. The molecular weight excluding hydrogens is 219 g/mol. The van der Waals surface area contributed by atoms with Crippen molar-refractivity contribution < 1.29 is 4.79 Å². The molecule has 1 nitrogen and oxygen atoms in total. The molecule has 74 valence electrons. The summed E-state index contributed by atoms with van der Waals surface area (Å²) in [6.07, 6.45) is 1.58. The summed E-state index contributed by atoms with van der Waals surface area (Å²) in [6, 6.07) is 5.54. The first-order chi connectivity index (χ1) is 6.50. The first-order valence-corrected chi connectivity index (χ1v) is 4.90. The molecule has 3 heteroatoms. The number of halogens is 2. The summed E-state index contributed by atoms with van der Waals surface area (Å²) < 4.78 is 0.151. The molecule has 0 aliphatic rings. The zero-order chi connectivity index (χ0) is 10.7. The molecule has 1 aromatic carbocycles. The fourth-order valence-electron chi connectivity index (χ4n) is 1.24. The Bertz CT molecular complexity index is 390. The molecule has 0 aliphatic carbocycles. The lowest BCUT2D eigenvalue weighted by Crippen LogP contribution is -1.96. The van der Waals surface area contributed by atoms with Crippen LogP contribution in [0, 0.1) is 6.92 Å². The Morgan fingerprint density at radius 2 is 2.00 bits per heavy atom. The van der Waals surface area contributed by atoms with Crippen LogP contribution in [0.5, 0.6) is 0 Å². The molecule has 14 heavy (non-hydrogen) atoms. The number of hydrogen-bond donors (Lipinski definition) is 0. The minimum Gasteiger partial charge on any atom is -0.294 e. The van der Waals surface area contributed by atoms with Crippen LogP contribution in [0.25, 0.3) is 6.08 Å². The number of rotatable bonds is 2. The lowest BCUT2D eigenvalue weighted by Gasteiger charge is -2.03. The smallest absolute Gasteiger partial charge is 0.160 e. The molecule has 0 saturated carbocycles. The molecule has 0 fully saturated rings. The number of hydrogen-bond acceptors (Lipinski definition) is 1. The average molecular weight is 229 g/mol. The van der Waals surface area contributed by atoms with Crippen molar-refractivity contribution in [1.29, 1.82) is 0 Å². The van der Waals surface area contributed by atoms with Gasteiger partial charge in [-0.05, 0) is 25.5 Å². The van der Waals surface area contributed by atoms with Crippen LogP contribution in [0.3, 0.4) is 0 Å². The summed E-state index contributed by atoms with van der Waals surface area (Å²) in [6.45, 7) is 3.47. The van der Waals surface area contributed by atoms with E-state index in [9.17, 15) is 4.79 Å². The van der Waals surface area contributed by atoms with Gasteiger partial charge in [0.15, 0.2) is 5.78 Å². The first-order valence-electron chi connectivity index (χ1n) is 4.15. The van der Waals surface area contributed by atoms with E-state index in [0.717, 1.165) is 11.1 Å². The Morgan fingerprint density at radius 3 is 2.50 bits per heavy atom. The molecule has 1 rings (SSSR count). The van der Waals surface area contributed by atoms with Gasteiger partial charge in [-0.3, -0.25) is 4.79 Å². The molecular formula is C11H10Cl2O. The highest BCUT2D eigenvalue weighted by Gasteiger charge is 2.05. The molecule has 0 N–H and O–H groups in total. The van der Waals surface area contributed by atoms with Crippen molar-refractivity contribution >= 4 is 35.1 Å². The maximum absolute atomic E-state index is 11.2. The van der Waals surface area contributed by atoms with Gasteiger partial charge in [-0.1, -0.05) is 47.0 Å². The number of Topliss-reactive ketones (excluding diaryl/α,β-unsaturated/α-hetero) is 1. The lowest BCUT2D eigenvalue weighted by molar-refractivity contribution is 0.101. The third-order valence-electron chi connectivity index (χ3n) is 1.85. The predicted molar refractivity (Wildman–Crippen MR) is 60.9 cm³/mol. The molecule has 0 spiro atoms.